The molecular weight excluding hydrogens is 364 g/mol. The van der Waals surface area contributed by atoms with Gasteiger partial charge in [-0.25, -0.2) is 8.42 Å². The normalized spacial score (nSPS) is 12.3. The standard InChI is InChI=1S/C20H26N2O4S/c1-5-19(20(23)21-16-10-12-18(13-11-16)26-6-2)22(27(4,24)25)17-9-7-8-15(3)14-17/h7-14,19H,5-6H2,1-4H3,(H,21,23)/t19-/m1/s1. The Morgan fingerprint density at radius 1 is 1.15 bits per heavy atom. The van der Waals surface area contributed by atoms with E-state index in [0.29, 0.717) is 30.2 Å². The monoisotopic (exact) mass is 390 g/mol. The highest BCUT2D eigenvalue weighted by Gasteiger charge is 2.31. The van der Waals surface area contributed by atoms with Crippen molar-refractivity contribution in [3.05, 3.63) is 54.1 Å². The number of hydrogen-bond donors (Lipinski definition) is 1. The second kappa shape index (κ2) is 8.90. The van der Waals surface area contributed by atoms with Gasteiger partial charge in [0.1, 0.15) is 11.8 Å². The third-order valence-electron chi connectivity index (χ3n) is 4.02. The first kappa shape index (κ1) is 20.8. The van der Waals surface area contributed by atoms with Crippen molar-refractivity contribution >= 4 is 27.3 Å². The SMILES string of the molecule is CCOc1ccc(NC(=O)[C@@H](CC)N(c2cccc(C)c2)S(C)(=O)=O)cc1. The highest BCUT2D eigenvalue weighted by molar-refractivity contribution is 7.92. The third kappa shape index (κ3) is 5.47. The van der Waals surface area contributed by atoms with Crippen molar-refractivity contribution < 1.29 is 17.9 Å². The minimum absolute atomic E-state index is 0.337. The van der Waals surface area contributed by atoms with Crippen LogP contribution >= 0.6 is 0 Å². The van der Waals surface area contributed by atoms with Crippen LogP contribution in [-0.4, -0.2) is 33.2 Å². The van der Waals surface area contributed by atoms with Gasteiger partial charge in [0.15, 0.2) is 0 Å². The fourth-order valence-corrected chi connectivity index (χ4v) is 4.06. The zero-order valence-electron chi connectivity index (χ0n) is 16.1. The summed E-state index contributed by atoms with van der Waals surface area (Å²) in [5.41, 5.74) is 1.98. The second-order valence-electron chi connectivity index (χ2n) is 6.27. The molecule has 0 saturated heterocycles. The van der Waals surface area contributed by atoms with E-state index in [1.54, 1.807) is 49.4 Å². The van der Waals surface area contributed by atoms with Crippen molar-refractivity contribution in [2.75, 3.05) is 22.5 Å². The van der Waals surface area contributed by atoms with Gasteiger partial charge in [0.2, 0.25) is 15.9 Å². The molecule has 0 aliphatic carbocycles. The molecule has 1 atom stereocenters. The lowest BCUT2D eigenvalue weighted by Gasteiger charge is -2.30. The van der Waals surface area contributed by atoms with E-state index in [0.717, 1.165) is 11.8 Å². The quantitative estimate of drug-likeness (QED) is 0.748. The Labute approximate surface area is 161 Å². The van der Waals surface area contributed by atoms with Crippen molar-refractivity contribution in [3.63, 3.8) is 0 Å². The zero-order chi connectivity index (χ0) is 20.0. The number of aryl methyl sites for hydroxylation is 1. The van der Waals surface area contributed by atoms with Crippen LogP contribution in [0.3, 0.4) is 0 Å². The molecule has 6 nitrogen and oxygen atoms in total. The van der Waals surface area contributed by atoms with Gasteiger partial charge in [0.25, 0.3) is 0 Å². The first-order valence-corrected chi connectivity index (χ1v) is 10.7. The van der Waals surface area contributed by atoms with Gasteiger partial charge in [0, 0.05) is 5.69 Å². The van der Waals surface area contributed by atoms with Gasteiger partial charge in [-0.05, 0) is 62.2 Å². The largest absolute Gasteiger partial charge is 0.494 e. The maximum Gasteiger partial charge on any atom is 0.248 e. The molecule has 1 amide bonds. The molecule has 2 aromatic rings. The molecule has 2 aromatic carbocycles. The van der Waals surface area contributed by atoms with Crippen LogP contribution in [-0.2, 0) is 14.8 Å². The van der Waals surface area contributed by atoms with Crippen LogP contribution < -0.4 is 14.4 Å². The number of ether oxygens (including phenoxy) is 1. The molecule has 27 heavy (non-hydrogen) atoms. The molecule has 0 aliphatic heterocycles. The van der Waals surface area contributed by atoms with Gasteiger partial charge < -0.3 is 10.1 Å². The molecule has 146 valence electrons. The molecule has 0 spiro atoms. The van der Waals surface area contributed by atoms with Crippen molar-refractivity contribution in [1.82, 2.24) is 0 Å². The van der Waals surface area contributed by atoms with Gasteiger partial charge in [0.05, 0.1) is 18.6 Å². The van der Waals surface area contributed by atoms with Crippen LogP contribution in [0.15, 0.2) is 48.5 Å². The first-order valence-electron chi connectivity index (χ1n) is 8.86. The van der Waals surface area contributed by atoms with E-state index in [4.69, 9.17) is 4.74 Å². The Morgan fingerprint density at radius 2 is 1.81 bits per heavy atom. The Morgan fingerprint density at radius 3 is 2.33 bits per heavy atom. The number of amides is 1. The summed E-state index contributed by atoms with van der Waals surface area (Å²) >= 11 is 0. The molecule has 0 fully saturated rings. The minimum Gasteiger partial charge on any atom is -0.494 e. The summed E-state index contributed by atoms with van der Waals surface area (Å²) in [6.45, 7) is 6.12. The molecule has 0 heterocycles. The van der Waals surface area contributed by atoms with Crippen molar-refractivity contribution in [2.24, 2.45) is 0 Å². The van der Waals surface area contributed by atoms with Gasteiger partial charge in [-0.2, -0.15) is 0 Å². The molecule has 7 heteroatoms. The number of hydrogen-bond acceptors (Lipinski definition) is 4. The zero-order valence-corrected chi connectivity index (χ0v) is 16.9. The van der Waals surface area contributed by atoms with Crippen molar-refractivity contribution in [3.8, 4) is 5.75 Å². The lowest BCUT2D eigenvalue weighted by Crippen LogP contribution is -2.47. The average molecular weight is 391 g/mol. The Balaban J connectivity index is 2.29. The molecule has 2 rings (SSSR count). The molecule has 0 saturated carbocycles. The predicted molar refractivity (Wildman–Crippen MR) is 109 cm³/mol. The third-order valence-corrected chi connectivity index (χ3v) is 5.20. The fraction of sp³-hybridized carbons (Fsp3) is 0.350. The number of carbonyl (C=O) groups excluding carboxylic acids is 1. The molecule has 0 bridgehead atoms. The number of rotatable bonds is 8. The van der Waals surface area contributed by atoms with E-state index in [1.165, 1.54) is 4.31 Å². The maximum atomic E-state index is 12.9. The smallest absolute Gasteiger partial charge is 0.248 e. The number of nitrogens with zero attached hydrogens (tertiary/aromatic N) is 1. The summed E-state index contributed by atoms with van der Waals surface area (Å²) < 4.78 is 31.5. The van der Waals surface area contributed by atoms with E-state index in [2.05, 4.69) is 5.32 Å². The second-order valence-corrected chi connectivity index (χ2v) is 8.13. The lowest BCUT2D eigenvalue weighted by molar-refractivity contribution is -0.117. The Bertz CT molecular complexity index is 879. The summed E-state index contributed by atoms with van der Waals surface area (Å²) in [7, 11) is -3.64. The maximum absolute atomic E-state index is 12.9. The molecule has 1 N–H and O–H groups in total. The van der Waals surface area contributed by atoms with E-state index < -0.39 is 16.1 Å². The van der Waals surface area contributed by atoms with E-state index in [-0.39, 0.29) is 5.91 Å². The number of anilines is 2. The summed E-state index contributed by atoms with van der Waals surface area (Å²) in [6.07, 6.45) is 1.45. The number of carbonyl (C=O) groups is 1. The number of nitrogens with one attached hydrogen (secondary N) is 1. The summed E-state index contributed by atoms with van der Waals surface area (Å²) in [6, 6.07) is 13.2. The minimum atomic E-state index is -3.64. The van der Waals surface area contributed by atoms with Gasteiger partial charge >= 0.3 is 0 Å². The summed E-state index contributed by atoms with van der Waals surface area (Å²) in [5, 5.41) is 2.80. The first-order chi connectivity index (χ1) is 12.8. The van der Waals surface area contributed by atoms with Crippen LogP contribution in [0, 0.1) is 6.92 Å². The van der Waals surface area contributed by atoms with Crippen molar-refractivity contribution in [1.29, 1.82) is 0 Å². The summed E-state index contributed by atoms with van der Waals surface area (Å²) in [5.74, 6) is 0.327. The van der Waals surface area contributed by atoms with Crippen LogP contribution in [0.5, 0.6) is 5.75 Å². The molecule has 0 unspecified atom stereocenters. The highest BCUT2D eigenvalue weighted by atomic mass is 32.2. The fourth-order valence-electron chi connectivity index (χ4n) is 2.85. The Kier molecular flexibility index (Phi) is 6.85. The van der Waals surface area contributed by atoms with Gasteiger partial charge in [-0.3, -0.25) is 9.10 Å². The molecule has 0 aromatic heterocycles. The van der Waals surface area contributed by atoms with E-state index in [1.807, 2.05) is 19.9 Å². The summed E-state index contributed by atoms with van der Waals surface area (Å²) in [4.78, 5) is 12.9. The lowest BCUT2D eigenvalue weighted by atomic mass is 10.1. The topological polar surface area (TPSA) is 75.7 Å². The number of benzene rings is 2. The number of sulfonamides is 1. The molecule has 0 radical (unpaired) electrons. The highest BCUT2D eigenvalue weighted by Crippen LogP contribution is 2.24. The van der Waals surface area contributed by atoms with Crippen LogP contribution in [0.25, 0.3) is 0 Å². The van der Waals surface area contributed by atoms with Crippen LogP contribution in [0.1, 0.15) is 25.8 Å². The van der Waals surface area contributed by atoms with Gasteiger partial charge in [-0.1, -0.05) is 19.1 Å². The van der Waals surface area contributed by atoms with Crippen LogP contribution in [0.2, 0.25) is 0 Å². The van der Waals surface area contributed by atoms with E-state index in [9.17, 15) is 13.2 Å². The average Bonchev–Trinajstić information content (AvgIpc) is 2.60. The van der Waals surface area contributed by atoms with Crippen LogP contribution in [0.4, 0.5) is 11.4 Å². The molecular formula is C20H26N2O4S. The van der Waals surface area contributed by atoms with Crippen molar-refractivity contribution in [2.45, 2.75) is 33.2 Å². The van der Waals surface area contributed by atoms with E-state index >= 15 is 0 Å². The Hall–Kier alpha value is -2.54. The van der Waals surface area contributed by atoms with Gasteiger partial charge in [-0.15, -0.1) is 0 Å². The molecule has 0 aliphatic rings. The predicted octanol–water partition coefficient (Wildman–Crippen LogP) is 3.58.